The molecule has 17 heavy (non-hydrogen) atoms. The molecule has 0 aromatic heterocycles. The maximum atomic E-state index is 11.2. The van der Waals surface area contributed by atoms with Crippen LogP contribution in [-0.2, 0) is 4.79 Å². The fourth-order valence-electron chi connectivity index (χ4n) is 2.18. The minimum absolute atomic E-state index is 0.403. The van der Waals surface area contributed by atoms with E-state index in [0.717, 1.165) is 18.5 Å². The van der Waals surface area contributed by atoms with Crippen LogP contribution in [0.25, 0.3) is 0 Å². The van der Waals surface area contributed by atoms with Crippen molar-refractivity contribution in [3.05, 3.63) is 35.9 Å². The lowest BCUT2D eigenvalue weighted by molar-refractivity contribution is -0.139. The van der Waals surface area contributed by atoms with Gasteiger partial charge in [-0.25, -0.2) is 0 Å². The number of nitrogens with one attached hydrogen (secondary N) is 2. The molecule has 1 aromatic rings. The van der Waals surface area contributed by atoms with Gasteiger partial charge >= 0.3 is 5.97 Å². The molecule has 1 aliphatic rings. The highest BCUT2D eigenvalue weighted by molar-refractivity contribution is 5.75. The third kappa shape index (κ3) is 3.28. The van der Waals surface area contributed by atoms with Gasteiger partial charge in [-0.1, -0.05) is 30.3 Å². The lowest BCUT2D eigenvalue weighted by atomic mass is 10.1. The molecule has 0 bridgehead atoms. The molecule has 0 aliphatic carbocycles. The zero-order valence-corrected chi connectivity index (χ0v) is 9.73. The average Bonchev–Trinajstić information content (AvgIpc) is 2.83. The Morgan fingerprint density at radius 2 is 2.24 bits per heavy atom. The van der Waals surface area contributed by atoms with Crippen molar-refractivity contribution in [1.82, 2.24) is 10.6 Å². The first kappa shape index (κ1) is 12.1. The minimum atomic E-state index is -0.825. The summed E-state index contributed by atoms with van der Waals surface area (Å²) in [5.41, 5.74) is 0.804. The standard InChI is InChI=1S/C13H18N2O2/c16-13(17)12(10-5-2-1-3-6-10)15-9-11-7-4-8-14-11/h1-3,5-6,11-12,14-15H,4,7-9H2,(H,16,17). The van der Waals surface area contributed by atoms with Gasteiger partial charge in [0.05, 0.1) is 0 Å². The molecule has 1 saturated heterocycles. The van der Waals surface area contributed by atoms with Gasteiger partial charge in [0, 0.05) is 12.6 Å². The van der Waals surface area contributed by atoms with Crippen molar-refractivity contribution in [1.29, 1.82) is 0 Å². The Bertz CT molecular complexity index is 361. The second-order valence-electron chi connectivity index (χ2n) is 4.38. The first-order chi connectivity index (χ1) is 8.27. The zero-order chi connectivity index (χ0) is 12.1. The van der Waals surface area contributed by atoms with Gasteiger partial charge in [0.15, 0.2) is 0 Å². The zero-order valence-electron chi connectivity index (χ0n) is 9.73. The van der Waals surface area contributed by atoms with Crippen molar-refractivity contribution in [2.24, 2.45) is 0 Å². The topological polar surface area (TPSA) is 61.4 Å². The van der Waals surface area contributed by atoms with Crippen LogP contribution >= 0.6 is 0 Å². The van der Waals surface area contributed by atoms with Gasteiger partial charge in [0.1, 0.15) is 6.04 Å². The van der Waals surface area contributed by atoms with Crippen LogP contribution in [0.15, 0.2) is 30.3 Å². The highest BCUT2D eigenvalue weighted by Crippen LogP contribution is 2.13. The molecule has 1 fully saturated rings. The second-order valence-corrected chi connectivity index (χ2v) is 4.38. The molecule has 4 nitrogen and oxygen atoms in total. The normalized spacial score (nSPS) is 21.3. The van der Waals surface area contributed by atoms with Crippen molar-refractivity contribution >= 4 is 5.97 Å². The van der Waals surface area contributed by atoms with E-state index in [1.807, 2.05) is 30.3 Å². The number of hydrogen-bond donors (Lipinski definition) is 3. The van der Waals surface area contributed by atoms with Gasteiger partial charge in [-0.15, -0.1) is 0 Å². The third-order valence-electron chi connectivity index (χ3n) is 3.11. The predicted octanol–water partition coefficient (Wildman–Crippen LogP) is 1.15. The van der Waals surface area contributed by atoms with Gasteiger partial charge < -0.3 is 10.4 Å². The Morgan fingerprint density at radius 1 is 1.47 bits per heavy atom. The summed E-state index contributed by atoms with van der Waals surface area (Å²) in [5, 5.41) is 15.7. The van der Waals surface area contributed by atoms with Gasteiger partial charge in [-0.3, -0.25) is 10.1 Å². The Morgan fingerprint density at radius 3 is 2.82 bits per heavy atom. The van der Waals surface area contributed by atoms with E-state index in [2.05, 4.69) is 10.6 Å². The molecule has 0 spiro atoms. The summed E-state index contributed by atoms with van der Waals surface area (Å²) in [4.78, 5) is 11.2. The number of aliphatic carboxylic acids is 1. The number of carboxylic acids is 1. The Hall–Kier alpha value is -1.39. The van der Waals surface area contributed by atoms with Crippen molar-refractivity contribution < 1.29 is 9.90 Å². The molecular formula is C13H18N2O2. The summed E-state index contributed by atoms with van der Waals surface area (Å²) >= 11 is 0. The maximum absolute atomic E-state index is 11.2. The maximum Gasteiger partial charge on any atom is 0.325 e. The van der Waals surface area contributed by atoms with Crippen molar-refractivity contribution in [3.8, 4) is 0 Å². The lowest BCUT2D eigenvalue weighted by Gasteiger charge is -2.18. The van der Waals surface area contributed by atoms with E-state index < -0.39 is 12.0 Å². The second kappa shape index (κ2) is 5.80. The monoisotopic (exact) mass is 234 g/mol. The van der Waals surface area contributed by atoms with Crippen molar-refractivity contribution in [2.75, 3.05) is 13.1 Å². The average molecular weight is 234 g/mol. The molecule has 0 amide bonds. The summed E-state index contributed by atoms with van der Waals surface area (Å²) in [5.74, 6) is -0.825. The minimum Gasteiger partial charge on any atom is -0.480 e. The van der Waals surface area contributed by atoms with E-state index >= 15 is 0 Å². The van der Waals surface area contributed by atoms with Crippen molar-refractivity contribution in [3.63, 3.8) is 0 Å². The van der Waals surface area contributed by atoms with Gasteiger partial charge in [0.25, 0.3) is 0 Å². The fraction of sp³-hybridized carbons (Fsp3) is 0.462. The number of carboxylic acid groups (broad SMARTS) is 1. The number of benzene rings is 1. The van der Waals surface area contributed by atoms with E-state index in [4.69, 9.17) is 0 Å². The van der Waals surface area contributed by atoms with Crippen molar-refractivity contribution in [2.45, 2.75) is 24.9 Å². The smallest absolute Gasteiger partial charge is 0.325 e. The molecule has 0 saturated carbocycles. The van der Waals surface area contributed by atoms with Crippen LogP contribution in [0.4, 0.5) is 0 Å². The molecule has 3 N–H and O–H groups in total. The van der Waals surface area contributed by atoms with E-state index in [1.165, 1.54) is 6.42 Å². The highest BCUT2D eigenvalue weighted by atomic mass is 16.4. The van der Waals surface area contributed by atoms with Crippen LogP contribution in [0, 0.1) is 0 Å². The number of hydrogen-bond acceptors (Lipinski definition) is 3. The molecular weight excluding hydrogens is 216 g/mol. The molecule has 0 radical (unpaired) electrons. The Kier molecular flexibility index (Phi) is 4.12. The van der Waals surface area contributed by atoms with Gasteiger partial charge in [0.2, 0.25) is 0 Å². The summed E-state index contributed by atoms with van der Waals surface area (Å²) < 4.78 is 0. The molecule has 1 aliphatic heterocycles. The molecule has 2 unspecified atom stereocenters. The Labute approximate surface area is 101 Å². The third-order valence-corrected chi connectivity index (χ3v) is 3.11. The summed E-state index contributed by atoms with van der Waals surface area (Å²) in [7, 11) is 0. The lowest BCUT2D eigenvalue weighted by Crippen LogP contribution is -2.38. The number of rotatable bonds is 5. The quantitative estimate of drug-likeness (QED) is 0.715. The number of carbonyl (C=O) groups is 1. The molecule has 1 heterocycles. The Balaban J connectivity index is 1.95. The SMILES string of the molecule is O=C(O)C(NCC1CCCN1)c1ccccc1. The largest absolute Gasteiger partial charge is 0.480 e. The summed E-state index contributed by atoms with van der Waals surface area (Å²) in [6.45, 7) is 1.74. The van der Waals surface area contributed by atoms with Gasteiger partial charge in [-0.2, -0.15) is 0 Å². The van der Waals surface area contributed by atoms with E-state index in [1.54, 1.807) is 0 Å². The van der Waals surface area contributed by atoms with Crippen LogP contribution < -0.4 is 10.6 Å². The van der Waals surface area contributed by atoms with E-state index in [9.17, 15) is 9.90 Å². The van der Waals surface area contributed by atoms with Crippen LogP contribution in [0.2, 0.25) is 0 Å². The summed E-state index contributed by atoms with van der Waals surface area (Å²) in [6, 6.07) is 9.09. The van der Waals surface area contributed by atoms with Crippen LogP contribution in [-0.4, -0.2) is 30.2 Å². The van der Waals surface area contributed by atoms with Crippen LogP contribution in [0.1, 0.15) is 24.4 Å². The van der Waals surface area contributed by atoms with Crippen LogP contribution in [0.3, 0.4) is 0 Å². The molecule has 2 atom stereocenters. The predicted molar refractivity (Wildman–Crippen MR) is 65.8 cm³/mol. The van der Waals surface area contributed by atoms with Crippen LogP contribution in [0.5, 0.6) is 0 Å². The highest BCUT2D eigenvalue weighted by Gasteiger charge is 2.21. The molecule has 92 valence electrons. The fourth-order valence-corrected chi connectivity index (χ4v) is 2.18. The molecule has 4 heteroatoms. The molecule has 2 rings (SSSR count). The summed E-state index contributed by atoms with van der Waals surface area (Å²) in [6.07, 6.45) is 2.30. The first-order valence-electron chi connectivity index (χ1n) is 6.02. The van der Waals surface area contributed by atoms with E-state index in [-0.39, 0.29) is 0 Å². The van der Waals surface area contributed by atoms with Gasteiger partial charge in [-0.05, 0) is 24.9 Å². The van der Waals surface area contributed by atoms with E-state index in [0.29, 0.717) is 12.6 Å². The first-order valence-corrected chi connectivity index (χ1v) is 6.02. The molecule has 1 aromatic carbocycles.